The number of halogens is 1. The van der Waals surface area contributed by atoms with Crippen molar-refractivity contribution < 1.29 is 13.9 Å². The van der Waals surface area contributed by atoms with Crippen LogP contribution in [0.1, 0.15) is 31.9 Å². The molecule has 1 aromatic rings. The Morgan fingerprint density at radius 2 is 2.00 bits per heavy atom. The van der Waals surface area contributed by atoms with E-state index < -0.39 is 0 Å². The van der Waals surface area contributed by atoms with Gasteiger partial charge in [0.15, 0.2) is 0 Å². The maximum Gasteiger partial charge on any atom is 0.128 e. The molecule has 3 nitrogen and oxygen atoms in total. The van der Waals surface area contributed by atoms with E-state index in [0.29, 0.717) is 18.8 Å². The van der Waals surface area contributed by atoms with Crippen LogP contribution >= 0.6 is 0 Å². The predicted octanol–water partition coefficient (Wildman–Crippen LogP) is 2.92. The fourth-order valence-electron chi connectivity index (χ4n) is 1.71. The molecule has 0 saturated carbocycles. The molecule has 0 spiro atoms. The normalized spacial score (nSPS) is 13.5. The van der Waals surface area contributed by atoms with Crippen molar-refractivity contribution in [1.82, 2.24) is 5.32 Å². The Morgan fingerprint density at radius 3 is 2.58 bits per heavy atom. The van der Waals surface area contributed by atoms with Gasteiger partial charge in [0.2, 0.25) is 0 Å². The lowest BCUT2D eigenvalue weighted by molar-refractivity contribution is -0.0123. The Hall–Kier alpha value is -0.970. The number of hydrogen-bond donors (Lipinski definition) is 1. The fourth-order valence-corrected chi connectivity index (χ4v) is 1.71. The van der Waals surface area contributed by atoms with Crippen LogP contribution in [0.4, 0.5) is 4.39 Å². The van der Waals surface area contributed by atoms with E-state index in [-0.39, 0.29) is 17.5 Å². The standard InChI is InChI=1S/C15H24FNO2/c1-15(2,18-4)9-10-19-11-14(17-3)12-7-5-6-8-13(12)16/h5-8,14,17H,9-11H2,1-4H3. The molecule has 0 saturated heterocycles. The van der Waals surface area contributed by atoms with Crippen molar-refractivity contribution in [2.75, 3.05) is 27.4 Å². The number of hydrogen-bond acceptors (Lipinski definition) is 3. The Kier molecular flexibility index (Phi) is 6.42. The number of methoxy groups -OCH3 is 1. The average molecular weight is 269 g/mol. The van der Waals surface area contributed by atoms with Gasteiger partial charge >= 0.3 is 0 Å². The Balaban J connectivity index is 2.44. The number of rotatable bonds is 8. The molecular weight excluding hydrogens is 245 g/mol. The lowest BCUT2D eigenvalue weighted by Gasteiger charge is -2.23. The molecule has 0 bridgehead atoms. The van der Waals surface area contributed by atoms with Crippen LogP contribution in [0.2, 0.25) is 0 Å². The molecular formula is C15H24FNO2. The highest BCUT2D eigenvalue weighted by Gasteiger charge is 2.17. The maximum absolute atomic E-state index is 13.7. The van der Waals surface area contributed by atoms with Crippen molar-refractivity contribution >= 4 is 0 Å². The molecule has 0 fully saturated rings. The Bertz CT molecular complexity index is 382. The van der Waals surface area contributed by atoms with Crippen molar-refractivity contribution in [3.8, 4) is 0 Å². The van der Waals surface area contributed by atoms with E-state index in [1.807, 2.05) is 19.9 Å². The Labute approximate surface area is 115 Å². The number of benzene rings is 1. The van der Waals surface area contributed by atoms with Crippen LogP contribution in [-0.4, -0.2) is 33.0 Å². The number of ether oxygens (including phenoxy) is 2. The molecule has 0 amide bonds. The summed E-state index contributed by atoms with van der Waals surface area (Å²) in [5.74, 6) is -0.206. The highest BCUT2D eigenvalue weighted by atomic mass is 19.1. The Morgan fingerprint density at radius 1 is 1.32 bits per heavy atom. The number of likely N-dealkylation sites (N-methyl/N-ethyl adjacent to an activating group) is 1. The zero-order valence-electron chi connectivity index (χ0n) is 12.2. The van der Waals surface area contributed by atoms with Crippen LogP contribution < -0.4 is 5.32 Å². The summed E-state index contributed by atoms with van der Waals surface area (Å²) < 4.78 is 24.6. The lowest BCUT2D eigenvalue weighted by Crippen LogP contribution is -2.27. The van der Waals surface area contributed by atoms with E-state index in [1.165, 1.54) is 6.07 Å². The van der Waals surface area contributed by atoms with Crippen LogP contribution in [0.25, 0.3) is 0 Å². The van der Waals surface area contributed by atoms with E-state index in [2.05, 4.69) is 5.32 Å². The van der Waals surface area contributed by atoms with Gasteiger partial charge in [0.05, 0.1) is 18.2 Å². The minimum atomic E-state index is -0.206. The smallest absolute Gasteiger partial charge is 0.128 e. The fraction of sp³-hybridized carbons (Fsp3) is 0.600. The summed E-state index contributed by atoms with van der Waals surface area (Å²) in [5.41, 5.74) is 0.448. The van der Waals surface area contributed by atoms with E-state index in [4.69, 9.17) is 9.47 Å². The van der Waals surface area contributed by atoms with Crippen molar-refractivity contribution in [3.05, 3.63) is 35.6 Å². The topological polar surface area (TPSA) is 30.5 Å². The second-order valence-corrected chi connectivity index (χ2v) is 5.15. The van der Waals surface area contributed by atoms with Crippen molar-refractivity contribution in [2.45, 2.75) is 31.9 Å². The van der Waals surface area contributed by atoms with Gasteiger partial charge < -0.3 is 14.8 Å². The first kappa shape index (κ1) is 16.1. The summed E-state index contributed by atoms with van der Waals surface area (Å²) in [5, 5.41) is 3.07. The molecule has 1 aromatic carbocycles. The van der Waals surface area contributed by atoms with Crippen molar-refractivity contribution in [1.29, 1.82) is 0 Å². The minimum Gasteiger partial charge on any atom is -0.379 e. The van der Waals surface area contributed by atoms with Crippen LogP contribution in [0, 0.1) is 5.82 Å². The molecule has 108 valence electrons. The quantitative estimate of drug-likeness (QED) is 0.736. The van der Waals surface area contributed by atoms with Crippen LogP contribution in [0.5, 0.6) is 0 Å². The second kappa shape index (κ2) is 7.58. The lowest BCUT2D eigenvalue weighted by atomic mass is 10.1. The largest absolute Gasteiger partial charge is 0.379 e. The van der Waals surface area contributed by atoms with Gasteiger partial charge in [0.1, 0.15) is 5.82 Å². The van der Waals surface area contributed by atoms with E-state index in [1.54, 1.807) is 26.3 Å². The molecule has 0 aliphatic heterocycles. The van der Waals surface area contributed by atoms with Gasteiger partial charge in [-0.25, -0.2) is 4.39 Å². The van der Waals surface area contributed by atoms with Gasteiger partial charge in [-0.05, 0) is 33.4 Å². The molecule has 0 aliphatic rings. The molecule has 0 radical (unpaired) electrons. The van der Waals surface area contributed by atoms with Gasteiger partial charge in [0, 0.05) is 19.3 Å². The molecule has 1 rings (SSSR count). The van der Waals surface area contributed by atoms with Crippen LogP contribution in [-0.2, 0) is 9.47 Å². The zero-order valence-corrected chi connectivity index (χ0v) is 12.2. The van der Waals surface area contributed by atoms with Crippen LogP contribution in [0.3, 0.4) is 0 Å². The van der Waals surface area contributed by atoms with Crippen molar-refractivity contribution in [2.24, 2.45) is 0 Å². The third-order valence-electron chi connectivity index (χ3n) is 3.31. The molecule has 0 aromatic heterocycles. The zero-order chi connectivity index (χ0) is 14.3. The average Bonchev–Trinajstić information content (AvgIpc) is 2.40. The SMILES string of the molecule is CNC(COCCC(C)(C)OC)c1ccccc1F. The first-order chi connectivity index (χ1) is 9.00. The predicted molar refractivity (Wildman–Crippen MR) is 74.7 cm³/mol. The first-order valence-electron chi connectivity index (χ1n) is 6.55. The van der Waals surface area contributed by atoms with Crippen molar-refractivity contribution in [3.63, 3.8) is 0 Å². The summed E-state index contributed by atoms with van der Waals surface area (Å²) in [4.78, 5) is 0. The second-order valence-electron chi connectivity index (χ2n) is 5.15. The summed E-state index contributed by atoms with van der Waals surface area (Å²) in [7, 11) is 3.50. The van der Waals surface area contributed by atoms with E-state index in [0.717, 1.165) is 6.42 Å². The first-order valence-corrected chi connectivity index (χ1v) is 6.55. The monoisotopic (exact) mass is 269 g/mol. The number of nitrogens with one attached hydrogen (secondary N) is 1. The summed E-state index contributed by atoms with van der Waals surface area (Å²) in [6, 6.07) is 6.63. The van der Waals surface area contributed by atoms with Crippen LogP contribution in [0.15, 0.2) is 24.3 Å². The molecule has 19 heavy (non-hydrogen) atoms. The summed E-state index contributed by atoms with van der Waals surface area (Å²) >= 11 is 0. The molecule has 0 aliphatic carbocycles. The van der Waals surface area contributed by atoms with Gasteiger partial charge in [-0.1, -0.05) is 18.2 Å². The summed E-state index contributed by atoms with van der Waals surface area (Å²) in [6.07, 6.45) is 0.803. The van der Waals surface area contributed by atoms with E-state index in [9.17, 15) is 4.39 Å². The molecule has 4 heteroatoms. The van der Waals surface area contributed by atoms with Gasteiger partial charge in [-0.15, -0.1) is 0 Å². The van der Waals surface area contributed by atoms with Gasteiger partial charge in [-0.3, -0.25) is 0 Å². The van der Waals surface area contributed by atoms with Gasteiger partial charge in [-0.2, -0.15) is 0 Å². The minimum absolute atomic E-state index is 0.133. The highest BCUT2D eigenvalue weighted by molar-refractivity contribution is 5.21. The maximum atomic E-state index is 13.7. The summed E-state index contributed by atoms with van der Waals surface area (Å²) in [6.45, 7) is 5.07. The third kappa shape index (κ3) is 5.27. The van der Waals surface area contributed by atoms with E-state index >= 15 is 0 Å². The highest BCUT2D eigenvalue weighted by Crippen LogP contribution is 2.18. The van der Waals surface area contributed by atoms with Gasteiger partial charge in [0.25, 0.3) is 0 Å². The third-order valence-corrected chi connectivity index (χ3v) is 3.31. The molecule has 1 atom stereocenters. The molecule has 1 N–H and O–H groups in total. The molecule has 0 heterocycles. The molecule has 1 unspecified atom stereocenters.